The lowest BCUT2D eigenvalue weighted by atomic mass is 10.0. The van der Waals surface area contributed by atoms with Crippen molar-refractivity contribution in [2.24, 2.45) is 0 Å². The molecule has 2 aromatic heterocycles. The smallest absolute Gasteiger partial charge is 0.253 e. The first-order valence-electron chi connectivity index (χ1n) is 7.91. The Balaban J connectivity index is 1.58. The minimum absolute atomic E-state index is 0.0314. The van der Waals surface area contributed by atoms with Gasteiger partial charge in [-0.25, -0.2) is 13.4 Å². The monoisotopic (exact) mass is 356 g/mol. The number of fused-ring (bicyclic) bond motifs is 1. The fourth-order valence-electron chi connectivity index (χ4n) is 2.97. The predicted octanol–water partition coefficient (Wildman–Crippen LogP) is 1.50. The number of nitrogens with one attached hydrogen (secondary N) is 1. The van der Waals surface area contributed by atoms with Crippen molar-refractivity contribution in [3.63, 3.8) is 0 Å². The van der Waals surface area contributed by atoms with Gasteiger partial charge < -0.3 is 9.88 Å². The van der Waals surface area contributed by atoms with E-state index in [-0.39, 0.29) is 30.5 Å². The van der Waals surface area contributed by atoms with E-state index in [1.807, 2.05) is 12.1 Å². The van der Waals surface area contributed by atoms with Gasteiger partial charge in [-0.15, -0.1) is 0 Å². The molecule has 0 radical (unpaired) electrons. The van der Waals surface area contributed by atoms with Gasteiger partial charge in [0.15, 0.2) is 9.84 Å². The number of hydrogen-bond acceptors (Lipinski definition) is 5. The summed E-state index contributed by atoms with van der Waals surface area (Å²) >= 11 is 0. The Morgan fingerprint density at radius 1 is 1.08 bits per heavy atom. The molecule has 25 heavy (non-hydrogen) atoms. The Morgan fingerprint density at radius 3 is 2.52 bits per heavy atom. The quantitative estimate of drug-likeness (QED) is 0.750. The van der Waals surface area contributed by atoms with Crippen LogP contribution in [0.15, 0.2) is 43.0 Å². The van der Waals surface area contributed by atoms with E-state index >= 15 is 0 Å². The third-order valence-electron chi connectivity index (χ3n) is 4.41. The van der Waals surface area contributed by atoms with Crippen molar-refractivity contribution in [2.45, 2.75) is 0 Å². The minimum atomic E-state index is -3.00. The second kappa shape index (κ2) is 5.96. The van der Waals surface area contributed by atoms with Crippen molar-refractivity contribution in [3.8, 4) is 11.1 Å². The summed E-state index contributed by atoms with van der Waals surface area (Å²) in [6, 6.07) is 7.23. The summed E-state index contributed by atoms with van der Waals surface area (Å²) in [5, 5.41) is 0. The van der Waals surface area contributed by atoms with Gasteiger partial charge in [-0.3, -0.25) is 9.78 Å². The molecule has 7 nitrogen and oxygen atoms in total. The van der Waals surface area contributed by atoms with Crippen LogP contribution in [0.4, 0.5) is 0 Å². The highest BCUT2D eigenvalue weighted by Gasteiger charge is 2.25. The van der Waals surface area contributed by atoms with Crippen LogP contribution >= 0.6 is 0 Å². The zero-order valence-electron chi connectivity index (χ0n) is 13.3. The molecule has 1 amide bonds. The van der Waals surface area contributed by atoms with Gasteiger partial charge in [0, 0.05) is 30.4 Å². The number of carbonyl (C=O) groups excluding carboxylic acids is 1. The van der Waals surface area contributed by atoms with Crippen LogP contribution in [0, 0.1) is 0 Å². The van der Waals surface area contributed by atoms with Crippen LogP contribution in [-0.4, -0.2) is 58.8 Å². The number of imidazole rings is 1. The van der Waals surface area contributed by atoms with Crippen LogP contribution in [0.5, 0.6) is 0 Å². The largest absolute Gasteiger partial charge is 0.343 e. The maximum atomic E-state index is 12.5. The van der Waals surface area contributed by atoms with Gasteiger partial charge in [-0.1, -0.05) is 12.1 Å². The number of carbonyl (C=O) groups is 1. The first-order valence-corrected chi connectivity index (χ1v) is 9.73. The van der Waals surface area contributed by atoms with Crippen molar-refractivity contribution in [1.29, 1.82) is 0 Å². The zero-order valence-corrected chi connectivity index (χ0v) is 14.2. The van der Waals surface area contributed by atoms with Gasteiger partial charge in [0.25, 0.3) is 5.91 Å². The lowest BCUT2D eigenvalue weighted by Gasteiger charge is -2.26. The number of amides is 1. The number of pyridine rings is 1. The van der Waals surface area contributed by atoms with E-state index in [0.717, 1.165) is 22.2 Å². The van der Waals surface area contributed by atoms with E-state index in [1.54, 1.807) is 35.8 Å². The summed E-state index contributed by atoms with van der Waals surface area (Å²) in [5.74, 6) is -0.0784. The van der Waals surface area contributed by atoms with Crippen LogP contribution in [0.1, 0.15) is 10.4 Å². The number of hydrogen-bond donors (Lipinski definition) is 1. The molecule has 1 aliphatic rings. The van der Waals surface area contributed by atoms with Gasteiger partial charge >= 0.3 is 0 Å². The summed E-state index contributed by atoms with van der Waals surface area (Å²) in [6.45, 7) is 0.499. The molecule has 0 spiro atoms. The highest BCUT2D eigenvalue weighted by Crippen LogP contribution is 2.26. The molecule has 0 saturated carbocycles. The van der Waals surface area contributed by atoms with E-state index in [1.165, 1.54) is 0 Å². The molecule has 0 aliphatic carbocycles. The van der Waals surface area contributed by atoms with Crippen molar-refractivity contribution in [1.82, 2.24) is 19.9 Å². The summed E-state index contributed by atoms with van der Waals surface area (Å²) in [4.78, 5) is 25.7. The molecular formula is C17H16N4O3S. The Hall–Kier alpha value is -2.74. The Morgan fingerprint density at radius 2 is 1.80 bits per heavy atom. The second-order valence-electron chi connectivity index (χ2n) is 6.01. The highest BCUT2D eigenvalue weighted by atomic mass is 32.2. The molecule has 128 valence electrons. The molecule has 1 N–H and O–H groups in total. The number of benzene rings is 1. The van der Waals surface area contributed by atoms with Gasteiger partial charge in [0.1, 0.15) is 0 Å². The Kier molecular flexibility index (Phi) is 3.76. The molecule has 1 fully saturated rings. The summed E-state index contributed by atoms with van der Waals surface area (Å²) in [6.07, 6.45) is 5.09. The highest BCUT2D eigenvalue weighted by molar-refractivity contribution is 7.91. The molecule has 3 heterocycles. The van der Waals surface area contributed by atoms with Crippen LogP contribution < -0.4 is 0 Å². The standard InChI is InChI=1S/C17H16N4O3S/c22-17(21-5-7-25(23,24)8-6-21)13-3-1-12(2-4-13)14-9-18-10-15-16(14)20-11-19-15/h1-4,9-11H,5-8H2,(H,19,20). The van der Waals surface area contributed by atoms with Crippen molar-refractivity contribution in [2.75, 3.05) is 24.6 Å². The van der Waals surface area contributed by atoms with Gasteiger partial charge in [-0.05, 0) is 17.7 Å². The third-order valence-corrected chi connectivity index (χ3v) is 6.01. The third kappa shape index (κ3) is 3.00. The molecule has 1 aliphatic heterocycles. The van der Waals surface area contributed by atoms with Gasteiger partial charge in [0.05, 0.1) is 35.1 Å². The molecule has 3 aromatic rings. The van der Waals surface area contributed by atoms with E-state index in [4.69, 9.17) is 0 Å². The van der Waals surface area contributed by atoms with Crippen molar-refractivity contribution >= 4 is 26.8 Å². The Labute approximate surface area is 144 Å². The van der Waals surface area contributed by atoms with Crippen LogP contribution in [-0.2, 0) is 9.84 Å². The fraction of sp³-hybridized carbons (Fsp3) is 0.235. The average molecular weight is 356 g/mol. The number of nitrogens with zero attached hydrogens (tertiary/aromatic N) is 3. The predicted molar refractivity (Wildman–Crippen MR) is 93.9 cm³/mol. The number of sulfone groups is 1. The van der Waals surface area contributed by atoms with Crippen molar-refractivity contribution in [3.05, 3.63) is 48.5 Å². The summed E-state index contributed by atoms with van der Waals surface area (Å²) < 4.78 is 23.0. The molecule has 8 heteroatoms. The van der Waals surface area contributed by atoms with Crippen LogP contribution in [0.25, 0.3) is 22.2 Å². The van der Waals surface area contributed by atoms with E-state index in [9.17, 15) is 13.2 Å². The lowest BCUT2D eigenvalue weighted by molar-refractivity contribution is 0.0770. The van der Waals surface area contributed by atoms with Crippen LogP contribution in [0.3, 0.4) is 0 Å². The number of H-pyrrole nitrogens is 1. The normalized spacial score (nSPS) is 16.9. The molecule has 0 bridgehead atoms. The molecule has 0 unspecified atom stereocenters. The number of aromatic nitrogens is 3. The van der Waals surface area contributed by atoms with Gasteiger partial charge in [-0.2, -0.15) is 0 Å². The fourth-order valence-corrected chi connectivity index (χ4v) is 4.17. The SMILES string of the molecule is O=C(c1ccc(-c2cncc3[nH]cnc23)cc1)N1CCS(=O)(=O)CC1. The molecule has 1 aromatic carbocycles. The van der Waals surface area contributed by atoms with E-state index in [2.05, 4.69) is 15.0 Å². The molecule has 1 saturated heterocycles. The molecular weight excluding hydrogens is 340 g/mol. The number of rotatable bonds is 2. The Bertz CT molecular complexity index is 1030. The first kappa shape index (κ1) is 15.8. The minimum Gasteiger partial charge on any atom is -0.343 e. The van der Waals surface area contributed by atoms with Crippen molar-refractivity contribution < 1.29 is 13.2 Å². The average Bonchev–Trinajstić information content (AvgIpc) is 3.10. The van der Waals surface area contributed by atoms with E-state index < -0.39 is 9.84 Å². The topological polar surface area (TPSA) is 96.0 Å². The van der Waals surface area contributed by atoms with E-state index in [0.29, 0.717) is 5.56 Å². The second-order valence-corrected chi connectivity index (χ2v) is 8.31. The molecule has 0 atom stereocenters. The lowest BCUT2D eigenvalue weighted by Crippen LogP contribution is -2.43. The molecule has 4 rings (SSSR count). The summed E-state index contributed by atoms with van der Waals surface area (Å²) in [5.41, 5.74) is 4.04. The maximum Gasteiger partial charge on any atom is 0.253 e. The van der Waals surface area contributed by atoms with Crippen LogP contribution in [0.2, 0.25) is 0 Å². The first-order chi connectivity index (χ1) is 12.0. The number of aromatic amines is 1. The van der Waals surface area contributed by atoms with Gasteiger partial charge in [0.2, 0.25) is 0 Å². The summed E-state index contributed by atoms with van der Waals surface area (Å²) in [7, 11) is -3.00. The zero-order chi connectivity index (χ0) is 17.4. The maximum absolute atomic E-state index is 12.5.